The summed E-state index contributed by atoms with van der Waals surface area (Å²) >= 11 is 8.95. The van der Waals surface area contributed by atoms with Crippen LogP contribution < -0.4 is 0 Å². The average Bonchev–Trinajstić information content (AvgIpc) is 2.44. The van der Waals surface area contributed by atoms with E-state index in [2.05, 4.69) is 15.9 Å². The molecule has 0 aromatic heterocycles. The van der Waals surface area contributed by atoms with Crippen molar-refractivity contribution in [1.82, 2.24) is 0 Å². The van der Waals surface area contributed by atoms with E-state index < -0.39 is 17.5 Å². The molecule has 0 amide bonds. The maximum absolute atomic E-state index is 13.7. The molecule has 0 fully saturated rings. The van der Waals surface area contributed by atoms with E-state index in [1.54, 1.807) is 24.3 Å². The average molecular weight is 353 g/mol. The zero-order valence-electron chi connectivity index (χ0n) is 10.1. The molecular weight excluding hydrogens is 345 g/mol. The fraction of sp³-hybridized carbons (Fsp3) is 0.0667. The summed E-state index contributed by atoms with van der Waals surface area (Å²) in [5, 5.41) is 9.71. The van der Waals surface area contributed by atoms with Crippen LogP contribution in [0, 0.1) is 17.1 Å². The standard InChI is InChI=1S/C15H8BrClFNO/c16-10-3-6-14(18)12(7-10)15(20)13(8-19)9-1-4-11(17)5-2-9/h1-7,13H. The monoisotopic (exact) mass is 351 g/mol. The van der Waals surface area contributed by atoms with E-state index in [9.17, 15) is 14.4 Å². The maximum atomic E-state index is 13.7. The maximum Gasteiger partial charge on any atom is 0.187 e. The molecule has 0 spiro atoms. The molecule has 2 rings (SSSR count). The molecule has 5 heteroatoms. The van der Waals surface area contributed by atoms with Gasteiger partial charge in [-0.2, -0.15) is 5.26 Å². The van der Waals surface area contributed by atoms with Crippen molar-refractivity contribution in [2.45, 2.75) is 5.92 Å². The van der Waals surface area contributed by atoms with Crippen LogP contribution in [0.3, 0.4) is 0 Å². The van der Waals surface area contributed by atoms with Crippen LogP contribution >= 0.6 is 27.5 Å². The number of hydrogen-bond donors (Lipinski definition) is 0. The van der Waals surface area contributed by atoms with Crippen molar-refractivity contribution in [3.63, 3.8) is 0 Å². The van der Waals surface area contributed by atoms with Gasteiger partial charge in [-0.15, -0.1) is 0 Å². The molecule has 1 unspecified atom stereocenters. The van der Waals surface area contributed by atoms with Crippen LogP contribution in [0.25, 0.3) is 0 Å². The Morgan fingerprint density at radius 2 is 1.90 bits per heavy atom. The summed E-state index contributed by atoms with van der Waals surface area (Å²) in [5.41, 5.74) is 0.377. The van der Waals surface area contributed by atoms with Gasteiger partial charge in [-0.1, -0.05) is 39.7 Å². The van der Waals surface area contributed by atoms with E-state index in [1.807, 2.05) is 6.07 Å². The Morgan fingerprint density at radius 3 is 2.50 bits per heavy atom. The first-order valence-corrected chi connectivity index (χ1v) is 6.84. The lowest BCUT2D eigenvalue weighted by atomic mass is 9.92. The third-order valence-electron chi connectivity index (χ3n) is 2.79. The first-order chi connectivity index (χ1) is 9.52. The first-order valence-electron chi connectivity index (χ1n) is 5.67. The molecular formula is C15H8BrClFNO. The molecule has 20 heavy (non-hydrogen) atoms. The Balaban J connectivity index is 2.42. The lowest BCUT2D eigenvalue weighted by Crippen LogP contribution is -2.13. The second kappa shape index (κ2) is 6.17. The lowest BCUT2D eigenvalue weighted by Gasteiger charge is -2.10. The van der Waals surface area contributed by atoms with Crippen LogP contribution in [0.2, 0.25) is 5.02 Å². The first kappa shape index (κ1) is 14.7. The van der Waals surface area contributed by atoms with Gasteiger partial charge in [-0.25, -0.2) is 4.39 Å². The molecule has 0 bridgehead atoms. The fourth-order valence-corrected chi connectivity index (χ4v) is 2.27. The van der Waals surface area contributed by atoms with Gasteiger partial charge in [0.1, 0.15) is 11.7 Å². The van der Waals surface area contributed by atoms with Crippen molar-refractivity contribution in [2.24, 2.45) is 0 Å². The van der Waals surface area contributed by atoms with Crippen molar-refractivity contribution in [3.05, 3.63) is 68.9 Å². The molecule has 0 aliphatic rings. The SMILES string of the molecule is N#CC(C(=O)c1cc(Br)ccc1F)c1ccc(Cl)cc1. The van der Waals surface area contributed by atoms with Crippen molar-refractivity contribution in [1.29, 1.82) is 5.26 Å². The van der Waals surface area contributed by atoms with Gasteiger partial charge in [-0.05, 0) is 35.9 Å². The Kier molecular flexibility index (Phi) is 4.53. The quantitative estimate of drug-likeness (QED) is 0.749. The zero-order chi connectivity index (χ0) is 14.7. The van der Waals surface area contributed by atoms with Gasteiger partial charge in [0.15, 0.2) is 5.78 Å². The summed E-state index contributed by atoms with van der Waals surface area (Å²) in [6.45, 7) is 0. The van der Waals surface area contributed by atoms with Crippen molar-refractivity contribution >= 4 is 33.3 Å². The minimum Gasteiger partial charge on any atom is -0.292 e. The van der Waals surface area contributed by atoms with Gasteiger partial charge in [0, 0.05) is 9.50 Å². The highest BCUT2D eigenvalue weighted by atomic mass is 79.9. The van der Waals surface area contributed by atoms with Gasteiger partial charge in [0.25, 0.3) is 0 Å². The van der Waals surface area contributed by atoms with E-state index in [1.165, 1.54) is 18.2 Å². The summed E-state index contributed by atoms with van der Waals surface area (Å²) < 4.78 is 14.3. The topological polar surface area (TPSA) is 40.9 Å². The van der Waals surface area contributed by atoms with E-state index in [-0.39, 0.29) is 5.56 Å². The number of nitriles is 1. The van der Waals surface area contributed by atoms with Gasteiger partial charge < -0.3 is 0 Å². The number of ketones is 1. The number of rotatable bonds is 3. The molecule has 0 aliphatic carbocycles. The molecule has 2 nitrogen and oxygen atoms in total. The van der Waals surface area contributed by atoms with E-state index in [0.29, 0.717) is 15.1 Å². The van der Waals surface area contributed by atoms with Crippen molar-refractivity contribution < 1.29 is 9.18 Å². The fourth-order valence-electron chi connectivity index (χ4n) is 1.78. The van der Waals surface area contributed by atoms with E-state index in [4.69, 9.17) is 11.6 Å². The van der Waals surface area contributed by atoms with Crippen LogP contribution in [-0.2, 0) is 0 Å². The Bertz CT molecular complexity index is 694. The highest BCUT2D eigenvalue weighted by Gasteiger charge is 2.24. The van der Waals surface area contributed by atoms with Gasteiger partial charge in [0.05, 0.1) is 11.6 Å². The summed E-state index contributed by atoms with van der Waals surface area (Å²) in [6, 6.07) is 12.3. The number of carbonyl (C=O) groups excluding carboxylic acids is 1. The Hall–Kier alpha value is -1.70. The highest BCUT2D eigenvalue weighted by molar-refractivity contribution is 9.10. The minimum absolute atomic E-state index is 0.110. The number of Topliss-reactive ketones (excluding diaryl/α,β-unsaturated/α-hetero) is 1. The van der Waals surface area contributed by atoms with E-state index >= 15 is 0 Å². The number of halogens is 3. The van der Waals surface area contributed by atoms with Crippen LogP contribution in [0.4, 0.5) is 4.39 Å². The molecule has 2 aromatic rings. The van der Waals surface area contributed by atoms with Crippen LogP contribution in [-0.4, -0.2) is 5.78 Å². The number of nitrogens with zero attached hydrogens (tertiary/aromatic N) is 1. The molecule has 0 heterocycles. The highest BCUT2D eigenvalue weighted by Crippen LogP contribution is 2.25. The molecule has 100 valence electrons. The predicted octanol–water partition coefficient (Wildman–Crippen LogP) is 4.73. The van der Waals surface area contributed by atoms with E-state index in [0.717, 1.165) is 0 Å². The molecule has 0 aliphatic heterocycles. The molecule has 0 saturated carbocycles. The molecule has 2 aromatic carbocycles. The summed E-state index contributed by atoms with van der Waals surface area (Å²) in [7, 11) is 0. The molecule has 0 radical (unpaired) electrons. The Labute approximate surface area is 128 Å². The molecule has 0 N–H and O–H groups in total. The van der Waals surface area contributed by atoms with Crippen LogP contribution in [0.5, 0.6) is 0 Å². The third kappa shape index (κ3) is 3.06. The zero-order valence-corrected chi connectivity index (χ0v) is 12.5. The normalized spacial score (nSPS) is 11.7. The lowest BCUT2D eigenvalue weighted by molar-refractivity contribution is 0.0975. The second-order valence-corrected chi connectivity index (χ2v) is 5.45. The number of hydrogen-bond acceptors (Lipinski definition) is 2. The van der Waals surface area contributed by atoms with Crippen LogP contribution in [0.1, 0.15) is 21.8 Å². The Morgan fingerprint density at radius 1 is 1.25 bits per heavy atom. The molecule has 0 saturated heterocycles. The number of carbonyl (C=O) groups is 1. The number of benzene rings is 2. The summed E-state index contributed by atoms with van der Waals surface area (Å²) in [5.74, 6) is -2.28. The van der Waals surface area contributed by atoms with Gasteiger partial charge in [-0.3, -0.25) is 4.79 Å². The summed E-state index contributed by atoms with van der Waals surface area (Å²) in [6.07, 6.45) is 0. The van der Waals surface area contributed by atoms with Crippen molar-refractivity contribution in [3.8, 4) is 6.07 Å². The van der Waals surface area contributed by atoms with Gasteiger partial charge in [0.2, 0.25) is 0 Å². The minimum atomic E-state index is -1.06. The van der Waals surface area contributed by atoms with Crippen molar-refractivity contribution in [2.75, 3.05) is 0 Å². The second-order valence-electron chi connectivity index (χ2n) is 4.10. The smallest absolute Gasteiger partial charge is 0.187 e. The molecule has 1 atom stereocenters. The van der Waals surface area contributed by atoms with Crippen LogP contribution in [0.15, 0.2) is 46.9 Å². The largest absolute Gasteiger partial charge is 0.292 e. The predicted molar refractivity (Wildman–Crippen MR) is 78.2 cm³/mol. The van der Waals surface area contributed by atoms with Gasteiger partial charge >= 0.3 is 0 Å². The third-order valence-corrected chi connectivity index (χ3v) is 3.53. The summed E-state index contributed by atoms with van der Waals surface area (Å²) in [4.78, 5) is 12.3.